The van der Waals surface area contributed by atoms with E-state index in [1.807, 2.05) is 36.6 Å². The predicted molar refractivity (Wildman–Crippen MR) is 81.5 cm³/mol. The highest BCUT2D eigenvalue weighted by atomic mass is 32.1. The molecule has 0 aliphatic carbocycles. The first-order valence-corrected chi connectivity index (χ1v) is 6.78. The number of nitrogens with one attached hydrogen (secondary N) is 2. The zero-order chi connectivity index (χ0) is 14.9. The lowest BCUT2D eigenvalue weighted by Gasteiger charge is -2.23. The molecule has 108 valence electrons. The van der Waals surface area contributed by atoms with E-state index < -0.39 is 5.41 Å². The lowest BCUT2D eigenvalue weighted by Crippen LogP contribution is -2.37. The Morgan fingerprint density at radius 1 is 1.50 bits per heavy atom. The standard InChI is InChI=1S/C14H19N3O2S/c1-14(2,12(18)15-3)8-17-11-6-5-9(19-4)7-10(11)16-13(17)20/h5-7H,8H2,1-4H3,(H,15,18)(H,16,20). The van der Waals surface area contributed by atoms with E-state index in [1.54, 1.807) is 14.2 Å². The van der Waals surface area contributed by atoms with Crippen molar-refractivity contribution in [3.8, 4) is 5.75 Å². The maximum atomic E-state index is 11.9. The molecule has 20 heavy (non-hydrogen) atoms. The molecule has 1 amide bonds. The van der Waals surface area contributed by atoms with E-state index in [9.17, 15) is 4.79 Å². The highest BCUT2D eigenvalue weighted by molar-refractivity contribution is 7.71. The van der Waals surface area contributed by atoms with Gasteiger partial charge in [0.05, 0.1) is 23.6 Å². The molecular formula is C14H19N3O2S. The molecule has 0 unspecified atom stereocenters. The maximum Gasteiger partial charge on any atom is 0.227 e. The summed E-state index contributed by atoms with van der Waals surface area (Å²) in [4.78, 5) is 15.1. The summed E-state index contributed by atoms with van der Waals surface area (Å²) < 4.78 is 7.75. The molecule has 0 radical (unpaired) electrons. The molecule has 6 heteroatoms. The summed E-state index contributed by atoms with van der Waals surface area (Å²) in [6.07, 6.45) is 0. The second kappa shape index (κ2) is 5.28. The van der Waals surface area contributed by atoms with Crippen LogP contribution in [0, 0.1) is 10.2 Å². The van der Waals surface area contributed by atoms with E-state index in [4.69, 9.17) is 17.0 Å². The number of H-pyrrole nitrogens is 1. The van der Waals surface area contributed by atoms with Crippen molar-refractivity contribution in [3.05, 3.63) is 23.0 Å². The van der Waals surface area contributed by atoms with Crippen LogP contribution in [-0.4, -0.2) is 29.6 Å². The fraction of sp³-hybridized carbons (Fsp3) is 0.429. The van der Waals surface area contributed by atoms with Crippen LogP contribution in [0.25, 0.3) is 11.0 Å². The quantitative estimate of drug-likeness (QED) is 0.851. The van der Waals surface area contributed by atoms with E-state index in [0.29, 0.717) is 11.3 Å². The number of rotatable bonds is 4. The monoisotopic (exact) mass is 293 g/mol. The smallest absolute Gasteiger partial charge is 0.227 e. The van der Waals surface area contributed by atoms with Gasteiger partial charge in [-0.05, 0) is 38.2 Å². The van der Waals surface area contributed by atoms with Gasteiger partial charge in [-0.15, -0.1) is 0 Å². The molecule has 0 spiro atoms. The molecule has 5 nitrogen and oxygen atoms in total. The molecule has 0 fully saturated rings. The molecule has 0 atom stereocenters. The van der Waals surface area contributed by atoms with Crippen LogP contribution in [0.3, 0.4) is 0 Å². The Balaban J connectivity index is 2.47. The highest BCUT2D eigenvalue weighted by Crippen LogP contribution is 2.25. The number of methoxy groups -OCH3 is 1. The van der Waals surface area contributed by atoms with Gasteiger partial charge < -0.3 is 19.6 Å². The number of carbonyl (C=O) groups excluding carboxylic acids is 1. The Morgan fingerprint density at radius 2 is 2.20 bits per heavy atom. The van der Waals surface area contributed by atoms with Gasteiger partial charge in [0.15, 0.2) is 4.77 Å². The summed E-state index contributed by atoms with van der Waals surface area (Å²) in [5.41, 5.74) is 1.33. The summed E-state index contributed by atoms with van der Waals surface area (Å²) in [7, 11) is 3.27. The first-order valence-electron chi connectivity index (χ1n) is 6.38. The molecule has 1 aromatic heterocycles. The van der Waals surface area contributed by atoms with Crippen molar-refractivity contribution in [2.75, 3.05) is 14.2 Å². The van der Waals surface area contributed by atoms with Crippen molar-refractivity contribution in [2.45, 2.75) is 20.4 Å². The van der Waals surface area contributed by atoms with Gasteiger partial charge in [0, 0.05) is 19.7 Å². The fourth-order valence-electron chi connectivity index (χ4n) is 2.23. The summed E-state index contributed by atoms with van der Waals surface area (Å²) in [6.45, 7) is 4.31. The highest BCUT2D eigenvalue weighted by Gasteiger charge is 2.28. The lowest BCUT2D eigenvalue weighted by atomic mass is 9.92. The Morgan fingerprint density at radius 3 is 2.80 bits per heavy atom. The lowest BCUT2D eigenvalue weighted by molar-refractivity contribution is -0.129. The molecule has 0 aliphatic rings. The number of nitrogens with zero attached hydrogens (tertiary/aromatic N) is 1. The second-order valence-corrected chi connectivity index (χ2v) is 5.75. The van der Waals surface area contributed by atoms with Crippen LogP contribution in [0.15, 0.2) is 18.2 Å². The van der Waals surface area contributed by atoms with Crippen molar-refractivity contribution in [3.63, 3.8) is 0 Å². The van der Waals surface area contributed by atoms with Gasteiger partial charge in [-0.25, -0.2) is 0 Å². The largest absolute Gasteiger partial charge is 0.497 e. The normalized spacial score (nSPS) is 11.6. The van der Waals surface area contributed by atoms with Gasteiger partial charge in [-0.1, -0.05) is 0 Å². The fourth-order valence-corrected chi connectivity index (χ4v) is 2.51. The third-order valence-electron chi connectivity index (χ3n) is 3.38. The summed E-state index contributed by atoms with van der Waals surface area (Å²) in [6, 6.07) is 5.73. The van der Waals surface area contributed by atoms with E-state index in [1.165, 1.54) is 0 Å². The summed E-state index contributed by atoms with van der Waals surface area (Å²) >= 11 is 5.36. The minimum Gasteiger partial charge on any atom is -0.497 e. The topological polar surface area (TPSA) is 59.0 Å². The molecular weight excluding hydrogens is 274 g/mol. The molecule has 1 aromatic carbocycles. The molecule has 2 N–H and O–H groups in total. The molecule has 1 heterocycles. The zero-order valence-electron chi connectivity index (χ0n) is 12.1. The minimum absolute atomic E-state index is 0.0118. The Labute approximate surface area is 122 Å². The SMILES string of the molecule is CNC(=O)C(C)(C)Cn1c(=S)[nH]c2cc(OC)ccc21. The minimum atomic E-state index is -0.540. The predicted octanol–water partition coefficient (Wildman–Crippen LogP) is 2.48. The van der Waals surface area contributed by atoms with Crippen LogP contribution in [0.1, 0.15) is 13.8 Å². The van der Waals surface area contributed by atoms with Crippen LogP contribution >= 0.6 is 12.2 Å². The van der Waals surface area contributed by atoms with E-state index in [0.717, 1.165) is 16.8 Å². The number of hydrogen-bond donors (Lipinski definition) is 2. The van der Waals surface area contributed by atoms with Crippen molar-refractivity contribution >= 4 is 29.2 Å². The number of benzene rings is 1. The van der Waals surface area contributed by atoms with Gasteiger partial charge in [-0.2, -0.15) is 0 Å². The Hall–Kier alpha value is -1.82. The van der Waals surface area contributed by atoms with Crippen molar-refractivity contribution in [2.24, 2.45) is 5.41 Å². The third kappa shape index (κ3) is 2.56. The van der Waals surface area contributed by atoms with Gasteiger partial charge in [0.25, 0.3) is 0 Å². The van der Waals surface area contributed by atoms with Crippen LogP contribution in [0.4, 0.5) is 0 Å². The van der Waals surface area contributed by atoms with Crippen molar-refractivity contribution < 1.29 is 9.53 Å². The van der Waals surface area contributed by atoms with E-state index >= 15 is 0 Å². The third-order valence-corrected chi connectivity index (χ3v) is 3.70. The number of ether oxygens (including phenoxy) is 1. The zero-order valence-corrected chi connectivity index (χ0v) is 12.9. The average Bonchev–Trinajstić information content (AvgIpc) is 2.72. The van der Waals surface area contributed by atoms with Crippen LogP contribution in [-0.2, 0) is 11.3 Å². The van der Waals surface area contributed by atoms with Gasteiger partial charge in [0.2, 0.25) is 5.91 Å². The maximum absolute atomic E-state index is 11.9. The average molecular weight is 293 g/mol. The molecule has 2 rings (SSSR count). The molecule has 2 aromatic rings. The van der Waals surface area contributed by atoms with E-state index in [2.05, 4.69) is 10.3 Å². The molecule has 0 aliphatic heterocycles. The molecule has 0 saturated heterocycles. The van der Waals surface area contributed by atoms with Gasteiger partial charge in [0.1, 0.15) is 5.75 Å². The molecule has 0 saturated carbocycles. The first-order chi connectivity index (χ1) is 9.39. The van der Waals surface area contributed by atoms with Crippen LogP contribution in [0.5, 0.6) is 5.75 Å². The van der Waals surface area contributed by atoms with E-state index in [-0.39, 0.29) is 5.91 Å². The summed E-state index contributed by atoms with van der Waals surface area (Å²) in [5.74, 6) is 0.758. The first kappa shape index (κ1) is 14.6. The number of carbonyl (C=O) groups is 1. The van der Waals surface area contributed by atoms with Crippen molar-refractivity contribution in [1.82, 2.24) is 14.9 Å². The van der Waals surface area contributed by atoms with Crippen molar-refractivity contribution in [1.29, 1.82) is 0 Å². The number of amides is 1. The van der Waals surface area contributed by atoms with Gasteiger partial charge >= 0.3 is 0 Å². The number of hydrogen-bond acceptors (Lipinski definition) is 3. The Bertz CT molecular complexity index is 700. The van der Waals surface area contributed by atoms with Gasteiger partial charge in [-0.3, -0.25) is 4.79 Å². The van der Waals surface area contributed by atoms with Crippen LogP contribution < -0.4 is 10.1 Å². The number of aromatic amines is 1. The number of fused-ring (bicyclic) bond motifs is 1. The number of imidazole rings is 1. The molecule has 0 bridgehead atoms. The van der Waals surface area contributed by atoms with Crippen LogP contribution in [0.2, 0.25) is 0 Å². The second-order valence-electron chi connectivity index (χ2n) is 5.36. The summed E-state index contributed by atoms with van der Waals surface area (Å²) in [5, 5.41) is 2.69. The Kier molecular flexibility index (Phi) is 3.85. The number of aromatic nitrogens is 2.